The zero-order valence-electron chi connectivity index (χ0n) is 15.7. The second-order valence-electron chi connectivity index (χ2n) is 6.53. The molecule has 0 fully saturated rings. The van der Waals surface area contributed by atoms with Gasteiger partial charge in [0.2, 0.25) is 10.0 Å². The number of aryl methyl sites for hydroxylation is 1. The summed E-state index contributed by atoms with van der Waals surface area (Å²) in [6.07, 6.45) is 2.75. The minimum atomic E-state index is -3.86. The Morgan fingerprint density at radius 2 is 1.93 bits per heavy atom. The van der Waals surface area contributed by atoms with E-state index in [1.54, 1.807) is 25.3 Å². The molecular weight excluding hydrogens is 380 g/mol. The second-order valence-corrected chi connectivity index (χ2v) is 8.47. The first-order valence-electron chi connectivity index (χ1n) is 8.92. The number of nitrogens with one attached hydrogen (secondary N) is 1. The summed E-state index contributed by atoms with van der Waals surface area (Å²) in [6.45, 7) is 3.28. The normalized spacial score (nSPS) is 12.0. The number of imidazole rings is 1. The molecule has 3 aromatic rings. The van der Waals surface area contributed by atoms with E-state index in [0.717, 1.165) is 32.4 Å². The van der Waals surface area contributed by atoms with Gasteiger partial charge in [0.25, 0.3) is 0 Å². The average molecular weight is 402 g/mol. The Morgan fingerprint density at radius 1 is 1.21 bits per heavy atom. The molecular formula is C19H22N4O4S. The van der Waals surface area contributed by atoms with Crippen LogP contribution in [0.4, 0.5) is 0 Å². The molecule has 28 heavy (non-hydrogen) atoms. The number of aliphatic carboxylic acids is 1. The van der Waals surface area contributed by atoms with Crippen LogP contribution in [0.1, 0.15) is 30.4 Å². The summed E-state index contributed by atoms with van der Waals surface area (Å²) in [6, 6.07) is 8.31. The highest BCUT2D eigenvalue weighted by molar-refractivity contribution is 7.89. The lowest BCUT2D eigenvalue weighted by atomic mass is 10.1. The fourth-order valence-corrected chi connectivity index (χ4v) is 4.53. The number of aromatic nitrogens is 3. The van der Waals surface area contributed by atoms with Crippen LogP contribution in [0.15, 0.2) is 41.4 Å². The Bertz CT molecular complexity index is 1090. The highest BCUT2D eigenvalue weighted by atomic mass is 32.2. The summed E-state index contributed by atoms with van der Waals surface area (Å²) in [7, 11) is -3.86. The van der Waals surface area contributed by atoms with Crippen molar-refractivity contribution in [1.82, 2.24) is 19.3 Å². The third-order valence-corrected chi connectivity index (χ3v) is 6.17. The smallest absolute Gasteiger partial charge is 0.318 e. The van der Waals surface area contributed by atoms with Crippen LogP contribution in [-0.2, 0) is 21.2 Å². The fourth-order valence-electron chi connectivity index (χ4n) is 3.05. The van der Waals surface area contributed by atoms with E-state index in [9.17, 15) is 13.2 Å². The van der Waals surface area contributed by atoms with Crippen molar-refractivity contribution < 1.29 is 18.3 Å². The zero-order valence-corrected chi connectivity index (χ0v) is 16.5. The lowest BCUT2D eigenvalue weighted by molar-refractivity contribution is -0.137. The Kier molecular flexibility index (Phi) is 5.76. The number of carbonyl (C=O) groups is 1. The summed E-state index contributed by atoms with van der Waals surface area (Å²) >= 11 is 0. The van der Waals surface area contributed by atoms with Gasteiger partial charge in [-0.15, -0.1) is 0 Å². The van der Waals surface area contributed by atoms with E-state index >= 15 is 0 Å². The van der Waals surface area contributed by atoms with Crippen molar-refractivity contribution in [2.45, 2.75) is 31.6 Å². The predicted octanol–water partition coefficient (Wildman–Crippen LogP) is 2.34. The number of rotatable bonds is 8. The fraction of sp³-hybridized carbons (Fsp3) is 0.316. The van der Waals surface area contributed by atoms with Crippen molar-refractivity contribution in [2.24, 2.45) is 0 Å². The highest BCUT2D eigenvalue weighted by Crippen LogP contribution is 2.20. The van der Waals surface area contributed by atoms with Crippen LogP contribution in [0.25, 0.3) is 11.0 Å². The number of aromatic amines is 1. The minimum absolute atomic E-state index is 0.0766. The molecule has 0 aliphatic rings. The van der Waals surface area contributed by atoms with E-state index in [0.29, 0.717) is 12.8 Å². The highest BCUT2D eigenvalue weighted by Gasteiger charge is 2.25. The molecule has 0 aliphatic heterocycles. The summed E-state index contributed by atoms with van der Waals surface area (Å²) in [4.78, 5) is 23.1. The Labute approximate surface area is 163 Å². The third kappa shape index (κ3) is 4.20. The van der Waals surface area contributed by atoms with E-state index in [4.69, 9.17) is 5.11 Å². The van der Waals surface area contributed by atoms with E-state index in [2.05, 4.69) is 15.0 Å². The van der Waals surface area contributed by atoms with Gasteiger partial charge in [-0.05, 0) is 37.1 Å². The lowest BCUT2D eigenvalue weighted by Gasteiger charge is -2.19. The van der Waals surface area contributed by atoms with Crippen molar-refractivity contribution in [3.8, 4) is 0 Å². The SMILES string of the molecule is CCCN(CC(=O)O)S(=O)(=O)c1ccc(Cc2nccc3[nH]c(C)nc23)cc1. The number of hydrogen-bond acceptors (Lipinski definition) is 5. The van der Waals surface area contributed by atoms with Gasteiger partial charge in [0.1, 0.15) is 17.9 Å². The molecule has 9 heteroatoms. The van der Waals surface area contributed by atoms with Gasteiger partial charge in [-0.3, -0.25) is 9.78 Å². The number of hydrogen-bond donors (Lipinski definition) is 2. The molecule has 8 nitrogen and oxygen atoms in total. The molecule has 0 amide bonds. The van der Waals surface area contributed by atoms with Crippen LogP contribution < -0.4 is 0 Å². The second kappa shape index (κ2) is 8.07. The summed E-state index contributed by atoms with van der Waals surface area (Å²) < 4.78 is 26.5. The zero-order chi connectivity index (χ0) is 20.3. The van der Waals surface area contributed by atoms with Gasteiger partial charge >= 0.3 is 5.97 Å². The standard InChI is InChI=1S/C19H22N4O4S/c1-3-10-23(12-18(24)25)28(26,27)15-6-4-14(5-7-15)11-17-19-16(8-9-20-17)21-13(2)22-19/h4-9H,3,10-12H2,1-2H3,(H,21,22)(H,24,25). The average Bonchev–Trinajstić information content (AvgIpc) is 3.03. The molecule has 0 spiro atoms. The van der Waals surface area contributed by atoms with Crippen LogP contribution in [0, 0.1) is 6.92 Å². The maximum absolute atomic E-state index is 12.7. The van der Waals surface area contributed by atoms with E-state index < -0.39 is 22.5 Å². The quantitative estimate of drug-likeness (QED) is 0.597. The van der Waals surface area contributed by atoms with E-state index in [1.165, 1.54) is 12.1 Å². The number of H-pyrrole nitrogens is 1. The number of benzene rings is 1. The van der Waals surface area contributed by atoms with Gasteiger partial charge in [-0.25, -0.2) is 13.4 Å². The Balaban J connectivity index is 1.85. The Hall–Kier alpha value is -2.78. The molecule has 2 N–H and O–H groups in total. The predicted molar refractivity (Wildman–Crippen MR) is 105 cm³/mol. The molecule has 0 radical (unpaired) electrons. The van der Waals surface area contributed by atoms with Gasteiger partial charge in [-0.2, -0.15) is 4.31 Å². The maximum atomic E-state index is 12.7. The molecule has 3 rings (SSSR count). The molecule has 2 aromatic heterocycles. The summed E-state index contributed by atoms with van der Waals surface area (Å²) in [5, 5.41) is 9.00. The first kappa shape index (κ1) is 20.0. The molecule has 0 aliphatic carbocycles. The summed E-state index contributed by atoms with van der Waals surface area (Å²) in [5.41, 5.74) is 3.40. The molecule has 2 heterocycles. The molecule has 0 unspecified atom stereocenters. The van der Waals surface area contributed by atoms with Crippen LogP contribution in [0.3, 0.4) is 0 Å². The minimum Gasteiger partial charge on any atom is -0.480 e. The first-order valence-corrected chi connectivity index (χ1v) is 10.4. The number of nitrogens with zero attached hydrogens (tertiary/aromatic N) is 3. The van der Waals surface area contributed by atoms with Gasteiger partial charge in [0, 0.05) is 19.2 Å². The molecule has 1 aromatic carbocycles. The van der Waals surface area contributed by atoms with Gasteiger partial charge in [0.05, 0.1) is 16.1 Å². The van der Waals surface area contributed by atoms with Crippen molar-refractivity contribution >= 4 is 27.0 Å². The number of fused-ring (bicyclic) bond motifs is 1. The largest absolute Gasteiger partial charge is 0.480 e. The Morgan fingerprint density at radius 3 is 2.57 bits per heavy atom. The number of sulfonamides is 1. The monoisotopic (exact) mass is 402 g/mol. The number of pyridine rings is 1. The van der Waals surface area contributed by atoms with Gasteiger partial charge in [0.15, 0.2) is 0 Å². The molecule has 0 atom stereocenters. The molecule has 0 bridgehead atoms. The lowest BCUT2D eigenvalue weighted by Crippen LogP contribution is -2.36. The maximum Gasteiger partial charge on any atom is 0.318 e. The van der Waals surface area contributed by atoms with Crippen LogP contribution >= 0.6 is 0 Å². The van der Waals surface area contributed by atoms with Gasteiger partial charge in [-0.1, -0.05) is 19.1 Å². The molecule has 0 saturated heterocycles. The van der Waals surface area contributed by atoms with Crippen molar-refractivity contribution in [3.05, 3.63) is 53.6 Å². The first-order chi connectivity index (χ1) is 13.3. The van der Waals surface area contributed by atoms with E-state index in [1.807, 2.05) is 13.0 Å². The molecule has 148 valence electrons. The van der Waals surface area contributed by atoms with Crippen molar-refractivity contribution in [1.29, 1.82) is 0 Å². The van der Waals surface area contributed by atoms with Gasteiger partial charge < -0.3 is 10.1 Å². The molecule has 0 saturated carbocycles. The number of carboxylic acids is 1. The third-order valence-electron chi connectivity index (χ3n) is 4.31. The van der Waals surface area contributed by atoms with Crippen molar-refractivity contribution in [2.75, 3.05) is 13.1 Å². The van der Waals surface area contributed by atoms with Crippen LogP contribution in [-0.4, -0.2) is 51.8 Å². The van der Waals surface area contributed by atoms with E-state index in [-0.39, 0.29) is 11.4 Å². The summed E-state index contributed by atoms with van der Waals surface area (Å²) in [5.74, 6) is -0.373. The van der Waals surface area contributed by atoms with Crippen LogP contribution in [0.5, 0.6) is 0 Å². The topological polar surface area (TPSA) is 116 Å². The van der Waals surface area contributed by atoms with Crippen LogP contribution in [0.2, 0.25) is 0 Å². The number of carboxylic acid groups (broad SMARTS) is 1. The van der Waals surface area contributed by atoms with Crippen molar-refractivity contribution in [3.63, 3.8) is 0 Å².